The van der Waals surface area contributed by atoms with Gasteiger partial charge in [-0.3, -0.25) is 9.69 Å². The van der Waals surface area contributed by atoms with Crippen LogP contribution in [0.5, 0.6) is 0 Å². The lowest BCUT2D eigenvalue weighted by atomic mass is 9.71. The van der Waals surface area contributed by atoms with Gasteiger partial charge >= 0.3 is 0 Å². The monoisotopic (exact) mass is 512 g/mol. The van der Waals surface area contributed by atoms with Crippen LogP contribution in [0.3, 0.4) is 0 Å². The standard InChI is InChI=1S/C28H41FN6O2/c1-19(2)35(20(3)4)26(36)21-8-7-9-22(29)24(21)32-23-14-30-18-31-25(23)34-12-10-28(11-13-34)16-33(17-28)15-27(5,6)37/h7-9,14,18-20,32,37H,10-13,15-17H2,1-6H3. The average molecular weight is 513 g/mol. The van der Waals surface area contributed by atoms with Crippen molar-refractivity contribution in [1.29, 1.82) is 0 Å². The van der Waals surface area contributed by atoms with Gasteiger partial charge in [-0.05, 0) is 71.9 Å². The third kappa shape index (κ3) is 6.04. The molecule has 37 heavy (non-hydrogen) atoms. The molecule has 0 atom stereocenters. The summed E-state index contributed by atoms with van der Waals surface area (Å²) in [4.78, 5) is 28.5. The number of hydrogen-bond acceptors (Lipinski definition) is 7. The predicted octanol–water partition coefficient (Wildman–Crippen LogP) is 4.29. The molecule has 1 aromatic carbocycles. The molecule has 2 aromatic rings. The number of benzene rings is 1. The fourth-order valence-electron chi connectivity index (χ4n) is 5.90. The Morgan fingerprint density at radius 2 is 1.84 bits per heavy atom. The number of halogens is 1. The van der Waals surface area contributed by atoms with Crippen molar-refractivity contribution in [3.8, 4) is 0 Å². The summed E-state index contributed by atoms with van der Waals surface area (Å²) in [7, 11) is 0. The molecule has 2 aliphatic heterocycles. The number of likely N-dealkylation sites (tertiary alicyclic amines) is 1. The Balaban J connectivity index is 1.51. The molecule has 0 radical (unpaired) electrons. The highest BCUT2D eigenvalue weighted by atomic mass is 19.1. The van der Waals surface area contributed by atoms with Crippen LogP contribution in [0.2, 0.25) is 0 Å². The maximum atomic E-state index is 15.1. The van der Waals surface area contributed by atoms with E-state index in [-0.39, 0.29) is 34.7 Å². The average Bonchev–Trinajstić information content (AvgIpc) is 2.79. The van der Waals surface area contributed by atoms with Crippen LogP contribution in [0.1, 0.15) is 64.7 Å². The molecule has 9 heteroatoms. The first-order chi connectivity index (χ1) is 17.4. The molecule has 0 unspecified atom stereocenters. The first-order valence-electron chi connectivity index (χ1n) is 13.3. The number of carbonyl (C=O) groups is 1. The number of aromatic nitrogens is 2. The zero-order valence-electron chi connectivity index (χ0n) is 23.0. The Labute approximate surface area is 219 Å². The van der Waals surface area contributed by atoms with E-state index >= 15 is 4.39 Å². The summed E-state index contributed by atoms with van der Waals surface area (Å²) in [6.45, 7) is 15.9. The number of rotatable bonds is 8. The van der Waals surface area contributed by atoms with Crippen LogP contribution in [0.4, 0.5) is 21.6 Å². The Bertz CT molecular complexity index is 1090. The minimum absolute atomic E-state index is 0.0224. The van der Waals surface area contributed by atoms with Crippen LogP contribution in [-0.4, -0.2) is 81.2 Å². The number of aliphatic hydroxyl groups is 1. The molecule has 1 spiro atoms. The van der Waals surface area contributed by atoms with Crippen molar-refractivity contribution in [3.63, 3.8) is 0 Å². The first-order valence-corrected chi connectivity index (χ1v) is 13.3. The number of nitrogens with zero attached hydrogens (tertiary/aromatic N) is 5. The number of nitrogens with one attached hydrogen (secondary N) is 1. The molecule has 2 N–H and O–H groups in total. The number of β-amino-alcohol motifs (C(OH)–C–C–N with tert-alkyl or cyclic N) is 1. The fourth-order valence-corrected chi connectivity index (χ4v) is 5.90. The zero-order chi connectivity index (χ0) is 27.0. The summed E-state index contributed by atoms with van der Waals surface area (Å²) in [6, 6.07) is 4.55. The minimum atomic E-state index is -0.682. The summed E-state index contributed by atoms with van der Waals surface area (Å²) in [6.07, 6.45) is 5.20. The van der Waals surface area contributed by atoms with Crippen LogP contribution < -0.4 is 10.2 Å². The molecular weight excluding hydrogens is 471 g/mol. The number of carbonyl (C=O) groups excluding carboxylic acids is 1. The van der Waals surface area contributed by atoms with Gasteiger partial charge in [0.1, 0.15) is 17.8 Å². The molecule has 2 saturated heterocycles. The molecule has 4 rings (SSSR count). The third-order valence-corrected chi connectivity index (χ3v) is 7.39. The van der Waals surface area contributed by atoms with E-state index in [0.717, 1.165) is 39.0 Å². The molecule has 2 aliphatic rings. The largest absolute Gasteiger partial charge is 0.389 e. The highest BCUT2D eigenvalue weighted by Gasteiger charge is 2.46. The van der Waals surface area contributed by atoms with E-state index in [9.17, 15) is 9.90 Å². The van der Waals surface area contributed by atoms with E-state index in [4.69, 9.17) is 0 Å². The van der Waals surface area contributed by atoms with Crippen LogP contribution >= 0.6 is 0 Å². The van der Waals surface area contributed by atoms with Crippen molar-refractivity contribution in [2.75, 3.05) is 42.9 Å². The van der Waals surface area contributed by atoms with E-state index in [1.807, 2.05) is 41.5 Å². The quantitative estimate of drug-likeness (QED) is 0.546. The van der Waals surface area contributed by atoms with Crippen molar-refractivity contribution < 1.29 is 14.3 Å². The summed E-state index contributed by atoms with van der Waals surface area (Å²) >= 11 is 0. The van der Waals surface area contributed by atoms with Crippen LogP contribution in [0.15, 0.2) is 30.7 Å². The van der Waals surface area contributed by atoms with E-state index in [1.165, 1.54) is 12.4 Å². The van der Waals surface area contributed by atoms with E-state index in [1.54, 1.807) is 23.2 Å². The second kappa shape index (κ2) is 10.5. The second-order valence-electron chi connectivity index (χ2n) is 11.9. The molecular formula is C28H41FN6O2. The van der Waals surface area contributed by atoms with Crippen molar-refractivity contribution in [2.45, 2.75) is 72.1 Å². The number of anilines is 3. The molecule has 1 aromatic heterocycles. The van der Waals surface area contributed by atoms with Gasteiger partial charge in [0.05, 0.1) is 23.0 Å². The molecule has 2 fully saturated rings. The Kier molecular flexibility index (Phi) is 7.76. The van der Waals surface area contributed by atoms with Gasteiger partial charge in [-0.2, -0.15) is 0 Å². The van der Waals surface area contributed by atoms with Gasteiger partial charge in [0.25, 0.3) is 5.91 Å². The number of para-hydroxylation sites is 1. The number of amides is 1. The van der Waals surface area contributed by atoms with Crippen molar-refractivity contribution in [1.82, 2.24) is 19.8 Å². The second-order valence-corrected chi connectivity index (χ2v) is 11.9. The molecule has 202 valence electrons. The minimum Gasteiger partial charge on any atom is -0.389 e. The van der Waals surface area contributed by atoms with Gasteiger partial charge in [-0.15, -0.1) is 0 Å². The summed E-state index contributed by atoms with van der Waals surface area (Å²) in [5.74, 6) is 0.00161. The fraction of sp³-hybridized carbons (Fsp3) is 0.607. The van der Waals surface area contributed by atoms with Gasteiger partial charge < -0.3 is 20.2 Å². The highest BCUT2D eigenvalue weighted by molar-refractivity contribution is 6.01. The summed E-state index contributed by atoms with van der Waals surface area (Å²) < 4.78 is 15.1. The normalized spacial score (nSPS) is 17.8. The highest BCUT2D eigenvalue weighted by Crippen LogP contribution is 2.42. The Morgan fingerprint density at radius 1 is 1.19 bits per heavy atom. The Morgan fingerprint density at radius 3 is 2.43 bits per heavy atom. The topological polar surface area (TPSA) is 84.8 Å². The smallest absolute Gasteiger partial charge is 0.256 e. The van der Waals surface area contributed by atoms with Crippen LogP contribution in [0, 0.1) is 11.2 Å². The summed E-state index contributed by atoms with van der Waals surface area (Å²) in [5.41, 5.74) is 0.610. The third-order valence-electron chi connectivity index (χ3n) is 7.39. The van der Waals surface area contributed by atoms with Gasteiger partial charge in [0.2, 0.25) is 0 Å². The lowest BCUT2D eigenvalue weighted by Gasteiger charge is -2.55. The molecule has 3 heterocycles. The maximum absolute atomic E-state index is 15.1. The molecule has 8 nitrogen and oxygen atoms in total. The van der Waals surface area contributed by atoms with Crippen molar-refractivity contribution >= 4 is 23.1 Å². The predicted molar refractivity (Wildman–Crippen MR) is 145 cm³/mol. The van der Waals surface area contributed by atoms with E-state index < -0.39 is 11.4 Å². The van der Waals surface area contributed by atoms with E-state index in [2.05, 4.69) is 25.1 Å². The lowest BCUT2D eigenvalue weighted by molar-refractivity contribution is -0.0643. The summed E-state index contributed by atoms with van der Waals surface area (Å²) in [5, 5.41) is 13.3. The SMILES string of the molecule is CC(C)N(C(=O)c1cccc(F)c1Nc1cncnc1N1CCC2(CC1)CN(CC(C)(C)O)C2)C(C)C. The molecule has 0 aliphatic carbocycles. The molecule has 0 saturated carbocycles. The van der Waals surface area contributed by atoms with Crippen LogP contribution in [0.25, 0.3) is 0 Å². The molecule has 1 amide bonds. The van der Waals surface area contributed by atoms with E-state index in [0.29, 0.717) is 18.1 Å². The van der Waals surface area contributed by atoms with Gasteiger partial charge in [-0.25, -0.2) is 14.4 Å². The lowest BCUT2D eigenvalue weighted by Crippen LogP contribution is -2.62. The number of hydrogen-bond donors (Lipinski definition) is 2. The van der Waals surface area contributed by atoms with Crippen LogP contribution in [-0.2, 0) is 0 Å². The Hall–Kier alpha value is -2.78. The maximum Gasteiger partial charge on any atom is 0.256 e. The van der Waals surface area contributed by atoms with Gasteiger partial charge in [0.15, 0.2) is 5.82 Å². The van der Waals surface area contributed by atoms with Crippen molar-refractivity contribution in [3.05, 3.63) is 42.1 Å². The van der Waals surface area contributed by atoms with Gasteiger partial charge in [0, 0.05) is 44.8 Å². The van der Waals surface area contributed by atoms with Crippen molar-refractivity contribution in [2.24, 2.45) is 5.41 Å². The van der Waals surface area contributed by atoms with Gasteiger partial charge in [-0.1, -0.05) is 6.07 Å². The first kappa shape index (κ1) is 27.3. The number of piperidine rings is 1. The molecule has 0 bridgehead atoms. The zero-order valence-corrected chi connectivity index (χ0v) is 23.0.